The highest BCUT2D eigenvalue weighted by molar-refractivity contribution is 7.78. The number of aryl methyl sites for hydroxylation is 1. The summed E-state index contributed by atoms with van der Waals surface area (Å²) in [6.07, 6.45) is 15.7. The molecule has 0 unspecified atom stereocenters. The number of thiocarbonyl (C=S) groups is 1. The van der Waals surface area contributed by atoms with Crippen molar-refractivity contribution in [1.82, 2.24) is 0 Å². The van der Waals surface area contributed by atoms with Gasteiger partial charge in [-0.1, -0.05) is 56.7 Å². The van der Waals surface area contributed by atoms with Crippen molar-refractivity contribution in [1.29, 1.82) is 0 Å². The minimum atomic E-state index is 0.903. The molecule has 23 heavy (non-hydrogen) atoms. The summed E-state index contributed by atoms with van der Waals surface area (Å²) >= 11 is 4.63. The van der Waals surface area contributed by atoms with Crippen LogP contribution in [0.5, 0.6) is 0 Å². The van der Waals surface area contributed by atoms with Gasteiger partial charge in [-0.05, 0) is 67.4 Å². The lowest BCUT2D eigenvalue weighted by Gasteiger charge is -2.28. The Morgan fingerprint density at radius 3 is 2.30 bits per heavy atom. The van der Waals surface area contributed by atoms with E-state index in [0.717, 1.165) is 17.5 Å². The van der Waals surface area contributed by atoms with Gasteiger partial charge in [-0.3, -0.25) is 0 Å². The first-order valence-corrected chi connectivity index (χ1v) is 9.50. The van der Waals surface area contributed by atoms with E-state index in [1.54, 1.807) is 0 Å². The van der Waals surface area contributed by atoms with Gasteiger partial charge in [0, 0.05) is 0 Å². The van der Waals surface area contributed by atoms with E-state index in [1.165, 1.54) is 69.8 Å². The van der Waals surface area contributed by atoms with Gasteiger partial charge in [-0.2, -0.15) is 4.99 Å². The van der Waals surface area contributed by atoms with Crippen LogP contribution in [0.3, 0.4) is 0 Å². The van der Waals surface area contributed by atoms with Crippen LogP contribution in [0.15, 0.2) is 41.9 Å². The Morgan fingerprint density at radius 1 is 1.04 bits per heavy atom. The molecule has 0 saturated heterocycles. The molecule has 0 bridgehead atoms. The van der Waals surface area contributed by atoms with Gasteiger partial charge >= 0.3 is 0 Å². The zero-order chi connectivity index (χ0) is 16.3. The van der Waals surface area contributed by atoms with Gasteiger partial charge in [0.25, 0.3) is 0 Å². The van der Waals surface area contributed by atoms with E-state index in [-0.39, 0.29) is 0 Å². The molecule has 0 radical (unpaired) electrons. The molecule has 0 aliphatic heterocycles. The fourth-order valence-electron chi connectivity index (χ4n) is 3.69. The van der Waals surface area contributed by atoms with Gasteiger partial charge in [0.2, 0.25) is 0 Å². The highest BCUT2D eigenvalue weighted by atomic mass is 32.1. The summed E-state index contributed by atoms with van der Waals surface area (Å²) in [5.74, 6) is 1.92. The molecule has 2 rings (SSSR count). The van der Waals surface area contributed by atoms with Crippen molar-refractivity contribution in [2.45, 2.75) is 64.2 Å². The third kappa shape index (κ3) is 6.81. The van der Waals surface area contributed by atoms with Crippen LogP contribution in [0.2, 0.25) is 0 Å². The van der Waals surface area contributed by atoms with Crippen LogP contribution in [-0.2, 0) is 6.42 Å². The Morgan fingerprint density at radius 2 is 1.70 bits per heavy atom. The number of isothiocyanates is 1. The molecule has 1 aromatic rings. The van der Waals surface area contributed by atoms with Crippen LogP contribution in [0.1, 0.15) is 63.4 Å². The second-order valence-electron chi connectivity index (χ2n) is 6.87. The number of rotatable bonds is 9. The van der Waals surface area contributed by atoms with Gasteiger partial charge < -0.3 is 0 Å². The van der Waals surface area contributed by atoms with Gasteiger partial charge in [-0.15, -0.1) is 6.58 Å². The second kappa shape index (κ2) is 10.5. The molecular formula is C21H29NS. The summed E-state index contributed by atoms with van der Waals surface area (Å²) in [5, 5.41) is 2.42. The summed E-state index contributed by atoms with van der Waals surface area (Å²) in [4.78, 5) is 4.00. The normalized spacial score (nSPS) is 20.7. The predicted molar refractivity (Wildman–Crippen MR) is 104 cm³/mol. The third-order valence-corrected chi connectivity index (χ3v) is 5.28. The SMILES string of the molecule is C=CCCCC[C@H]1CC[C@H](CCc2ccc(N=C=S)cc2)CC1. The molecule has 1 nitrogen and oxygen atoms in total. The van der Waals surface area contributed by atoms with Gasteiger partial charge in [-0.25, -0.2) is 0 Å². The number of hydrogen-bond acceptors (Lipinski definition) is 2. The van der Waals surface area contributed by atoms with Crippen molar-refractivity contribution in [3.63, 3.8) is 0 Å². The maximum Gasteiger partial charge on any atom is 0.0739 e. The van der Waals surface area contributed by atoms with Crippen LogP contribution in [0.25, 0.3) is 0 Å². The number of nitrogens with zero attached hydrogens (tertiary/aromatic N) is 1. The van der Waals surface area contributed by atoms with E-state index in [4.69, 9.17) is 0 Å². The molecule has 1 fully saturated rings. The average molecular weight is 328 g/mol. The van der Waals surface area contributed by atoms with Crippen LogP contribution >= 0.6 is 12.2 Å². The Bertz CT molecular complexity index is 505. The van der Waals surface area contributed by atoms with Gasteiger partial charge in [0.1, 0.15) is 0 Å². The minimum absolute atomic E-state index is 0.903. The van der Waals surface area contributed by atoms with Crippen molar-refractivity contribution < 1.29 is 0 Å². The maximum atomic E-state index is 4.63. The molecule has 2 heteroatoms. The summed E-state index contributed by atoms with van der Waals surface area (Å²) < 4.78 is 0. The van der Waals surface area contributed by atoms with E-state index < -0.39 is 0 Å². The molecule has 1 saturated carbocycles. The topological polar surface area (TPSA) is 12.4 Å². The standard InChI is InChI=1S/C21H29NS/c1-2-3-4-5-6-18-7-9-19(10-8-18)11-12-20-13-15-21(16-14-20)22-17-23/h2,13-16,18-19H,1,3-12H2/t18-,19-. The minimum Gasteiger partial charge on any atom is -0.195 e. The highest BCUT2D eigenvalue weighted by Gasteiger charge is 2.20. The Balaban J connectivity index is 1.64. The Labute approximate surface area is 146 Å². The van der Waals surface area contributed by atoms with Gasteiger partial charge in [0.15, 0.2) is 0 Å². The predicted octanol–water partition coefficient (Wildman–Crippen LogP) is 6.91. The summed E-state index contributed by atoms with van der Waals surface area (Å²) in [6.45, 7) is 3.80. The molecule has 0 aromatic heterocycles. The Kier molecular flexibility index (Phi) is 8.28. The first kappa shape index (κ1) is 18.1. The number of aliphatic imine (C=N–C) groups is 1. The highest BCUT2D eigenvalue weighted by Crippen LogP contribution is 2.34. The van der Waals surface area contributed by atoms with Crippen molar-refractivity contribution in [2.24, 2.45) is 16.8 Å². The number of unbranched alkanes of at least 4 members (excludes halogenated alkanes) is 2. The molecule has 0 N–H and O–H groups in total. The molecule has 1 aliphatic carbocycles. The van der Waals surface area contributed by atoms with Crippen LogP contribution in [0, 0.1) is 11.8 Å². The molecule has 0 heterocycles. The lowest BCUT2D eigenvalue weighted by Crippen LogP contribution is -2.15. The van der Waals surface area contributed by atoms with Crippen molar-refractivity contribution in [2.75, 3.05) is 0 Å². The average Bonchev–Trinajstić information content (AvgIpc) is 2.59. The van der Waals surface area contributed by atoms with E-state index in [9.17, 15) is 0 Å². The largest absolute Gasteiger partial charge is 0.195 e. The molecular weight excluding hydrogens is 298 g/mol. The van der Waals surface area contributed by atoms with Crippen LogP contribution < -0.4 is 0 Å². The third-order valence-electron chi connectivity index (χ3n) is 5.19. The van der Waals surface area contributed by atoms with E-state index in [2.05, 4.69) is 41.1 Å². The summed E-state index contributed by atoms with van der Waals surface area (Å²) in [6, 6.07) is 8.43. The molecule has 0 spiro atoms. The monoisotopic (exact) mass is 327 g/mol. The van der Waals surface area contributed by atoms with Crippen molar-refractivity contribution >= 4 is 23.1 Å². The van der Waals surface area contributed by atoms with Crippen LogP contribution in [-0.4, -0.2) is 5.16 Å². The molecule has 1 aliphatic rings. The van der Waals surface area contributed by atoms with Crippen molar-refractivity contribution in [3.8, 4) is 0 Å². The first-order valence-electron chi connectivity index (χ1n) is 9.09. The molecule has 0 amide bonds. The van der Waals surface area contributed by atoms with Gasteiger partial charge in [0.05, 0.1) is 10.8 Å². The zero-order valence-corrected chi connectivity index (χ0v) is 15.0. The lowest BCUT2D eigenvalue weighted by atomic mass is 9.78. The summed E-state index contributed by atoms with van der Waals surface area (Å²) in [5.41, 5.74) is 2.32. The smallest absolute Gasteiger partial charge is 0.0739 e. The number of allylic oxidation sites excluding steroid dienone is 1. The fourth-order valence-corrected chi connectivity index (χ4v) is 3.80. The molecule has 1 aromatic carbocycles. The number of hydrogen-bond donors (Lipinski definition) is 0. The van der Waals surface area contributed by atoms with E-state index in [0.29, 0.717) is 0 Å². The second-order valence-corrected chi connectivity index (χ2v) is 7.05. The quantitative estimate of drug-likeness (QED) is 0.208. The Hall–Kier alpha value is -1.24. The number of benzene rings is 1. The lowest BCUT2D eigenvalue weighted by molar-refractivity contribution is 0.249. The molecule has 0 atom stereocenters. The van der Waals surface area contributed by atoms with E-state index in [1.807, 2.05) is 18.2 Å². The summed E-state index contributed by atoms with van der Waals surface area (Å²) in [7, 11) is 0. The maximum absolute atomic E-state index is 4.63. The molecule has 124 valence electrons. The van der Waals surface area contributed by atoms with E-state index >= 15 is 0 Å². The fraction of sp³-hybridized carbons (Fsp3) is 0.571. The first-order chi connectivity index (χ1) is 11.3. The van der Waals surface area contributed by atoms with Crippen LogP contribution in [0.4, 0.5) is 5.69 Å². The zero-order valence-electron chi connectivity index (χ0n) is 14.2. The van der Waals surface area contributed by atoms with Crippen molar-refractivity contribution in [3.05, 3.63) is 42.5 Å².